The number of ether oxygens (including phenoxy) is 1. The molecule has 0 saturated carbocycles. The quantitative estimate of drug-likeness (QED) is 0.784. The lowest BCUT2D eigenvalue weighted by molar-refractivity contribution is -0.484. The Kier molecular flexibility index (Phi) is 3.53. The van der Waals surface area contributed by atoms with E-state index in [1.165, 1.54) is 0 Å². The zero-order valence-electron chi connectivity index (χ0n) is 11.8. The molecule has 0 atom stereocenters. The summed E-state index contributed by atoms with van der Waals surface area (Å²) in [4.78, 5) is 0. The number of hydrogen-bond donors (Lipinski definition) is 0. The van der Waals surface area contributed by atoms with Crippen LogP contribution < -0.4 is 0 Å². The topological polar surface area (TPSA) is 36.0 Å². The third-order valence-electron chi connectivity index (χ3n) is 3.48. The molecule has 0 N–H and O–H groups in total. The number of nitriles is 1. The molecule has 1 heterocycles. The maximum atomic E-state index is 8.85. The fourth-order valence-electron chi connectivity index (χ4n) is 2.31. The summed E-state index contributed by atoms with van der Waals surface area (Å²) in [5.74, 6) is 0.887. The van der Waals surface area contributed by atoms with Gasteiger partial charge >= 0.3 is 0 Å². The average Bonchev–Trinajstić information content (AvgIpc) is 2.56. The highest BCUT2D eigenvalue weighted by molar-refractivity contribution is 5.95. The van der Waals surface area contributed by atoms with Crippen molar-refractivity contribution in [1.82, 2.24) is 0 Å². The van der Waals surface area contributed by atoms with Crippen LogP contribution in [0.25, 0.3) is 5.76 Å². The Balaban J connectivity index is 1.94. The van der Waals surface area contributed by atoms with Crippen LogP contribution in [0, 0.1) is 11.3 Å². The van der Waals surface area contributed by atoms with E-state index in [-0.39, 0.29) is 0 Å². The lowest BCUT2D eigenvalue weighted by Gasteiger charge is -2.15. The van der Waals surface area contributed by atoms with Gasteiger partial charge < -0.3 is 4.74 Å². The zero-order valence-corrected chi connectivity index (χ0v) is 11.8. The minimum absolute atomic E-state index is 0.471. The first kappa shape index (κ1) is 13.1. The lowest BCUT2D eigenvalue weighted by Crippen LogP contribution is -2.21. The fourth-order valence-corrected chi connectivity index (χ4v) is 2.31. The van der Waals surface area contributed by atoms with Gasteiger partial charge in [0, 0.05) is 30.7 Å². The van der Waals surface area contributed by atoms with E-state index < -0.39 is 0 Å². The van der Waals surface area contributed by atoms with Crippen LogP contribution in [0.4, 0.5) is 5.69 Å². The van der Waals surface area contributed by atoms with Crippen LogP contribution in [-0.2, 0) is 4.74 Å². The molecule has 0 spiro atoms. The molecule has 1 aliphatic heterocycles. The van der Waals surface area contributed by atoms with E-state index in [0.717, 1.165) is 22.7 Å². The van der Waals surface area contributed by atoms with Crippen LogP contribution in [0.5, 0.6) is 0 Å². The van der Waals surface area contributed by atoms with Gasteiger partial charge in [-0.15, -0.1) is 0 Å². The third-order valence-corrected chi connectivity index (χ3v) is 3.48. The van der Waals surface area contributed by atoms with Crippen molar-refractivity contribution in [3.8, 4) is 6.07 Å². The van der Waals surface area contributed by atoms with Crippen molar-refractivity contribution in [3.63, 3.8) is 0 Å². The summed E-state index contributed by atoms with van der Waals surface area (Å²) < 4.78 is 7.94. The molecule has 0 unspecified atom stereocenters. The highest BCUT2D eigenvalue weighted by atomic mass is 16.5. The summed E-state index contributed by atoms with van der Waals surface area (Å²) in [6.45, 7) is 2.53. The summed E-state index contributed by atoms with van der Waals surface area (Å²) in [5.41, 5.74) is 3.88. The van der Waals surface area contributed by atoms with Crippen molar-refractivity contribution in [2.24, 2.45) is 0 Å². The maximum Gasteiger partial charge on any atom is 0.292 e. The minimum atomic E-state index is 0.471. The van der Waals surface area contributed by atoms with Crippen molar-refractivity contribution in [3.05, 3.63) is 71.8 Å². The van der Waals surface area contributed by atoms with Gasteiger partial charge in [0.15, 0.2) is 5.71 Å². The number of nitrogens with zero attached hydrogens (tertiary/aromatic N) is 2. The van der Waals surface area contributed by atoms with Gasteiger partial charge in [-0.1, -0.05) is 30.3 Å². The Labute approximate surface area is 124 Å². The first-order chi connectivity index (χ1) is 10.3. The maximum absolute atomic E-state index is 8.85. The highest BCUT2D eigenvalue weighted by Crippen LogP contribution is 2.22. The van der Waals surface area contributed by atoms with Gasteiger partial charge in [0.25, 0.3) is 6.73 Å². The molecule has 3 heteroatoms. The molecule has 3 rings (SSSR count). The summed E-state index contributed by atoms with van der Waals surface area (Å²) in [6, 6.07) is 19.7. The first-order valence-electron chi connectivity index (χ1n) is 6.79. The predicted molar refractivity (Wildman–Crippen MR) is 82.1 cm³/mol. The van der Waals surface area contributed by atoms with E-state index in [4.69, 9.17) is 10.00 Å². The zero-order chi connectivity index (χ0) is 14.7. The standard InChI is InChI=1S/C18H15N2O/c1-14-11-18(16-5-3-2-4-6-16)21-13-20(14)17-9-7-15(12-19)8-10-17/h2-11H,13H2,1H3/q+1. The average molecular weight is 275 g/mol. The molecule has 2 aromatic rings. The van der Waals surface area contributed by atoms with Crippen LogP contribution in [0.1, 0.15) is 18.1 Å². The number of benzene rings is 2. The van der Waals surface area contributed by atoms with Crippen LogP contribution in [0.15, 0.2) is 60.7 Å². The second kappa shape index (κ2) is 5.64. The predicted octanol–water partition coefficient (Wildman–Crippen LogP) is 3.69. The Morgan fingerprint density at radius 3 is 2.38 bits per heavy atom. The Morgan fingerprint density at radius 2 is 1.76 bits per heavy atom. The molecular formula is C18H15N2O+. The van der Waals surface area contributed by atoms with Crippen molar-refractivity contribution in [2.75, 3.05) is 6.73 Å². The molecule has 21 heavy (non-hydrogen) atoms. The van der Waals surface area contributed by atoms with Gasteiger partial charge in [-0.3, -0.25) is 0 Å². The molecule has 102 valence electrons. The lowest BCUT2D eigenvalue weighted by atomic mass is 10.1. The van der Waals surface area contributed by atoms with Crippen molar-refractivity contribution in [2.45, 2.75) is 6.92 Å². The molecule has 0 saturated heterocycles. The van der Waals surface area contributed by atoms with Crippen LogP contribution in [-0.4, -0.2) is 17.0 Å². The molecule has 0 radical (unpaired) electrons. The number of rotatable bonds is 2. The van der Waals surface area contributed by atoms with E-state index in [1.54, 1.807) is 0 Å². The summed E-state index contributed by atoms with van der Waals surface area (Å²) in [7, 11) is 0. The van der Waals surface area contributed by atoms with Crippen molar-refractivity contribution in [1.29, 1.82) is 5.26 Å². The van der Waals surface area contributed by atoms with E-state index in [2.05, 4.69) is 17.6 Å². The largest absolute Gasteiger partial charge is 0.435 e. The minimum Gasteiger partial charge on any atom is -0.435 e. The van der Waals surface area contributed by atoms with Crippen LogP contribution >= 0.6 is 0 Å². The van der Waals surface area contributed by atoms with Crippen molar-refractivity contribution >= 4 is 17.2 Å². The SMILES string of the molecule is CC1=[N+](c2ccc(C#N)cc2)COC(c2ccccc2)=C1. The van der Waals surface area contributed by atoms with E-state index in [0.29, 0.717) is 12.3 Å². The van der Waals surface area contributed by atoms with Gasteiger partial charge in [-0.25, -0.2) is 0 Å². The van der Waals surface area contributed by atoms with Gasteiger partial charge in [-0.05, 0) is 12.1 Å². The fraction of sp³-hybridized carbons (Fsp3) is 0.111. The Hall–Kier alpha value is -2.86. The van der Waals surface area contributed by atoms with Gasteiger partial charge in [0.2, 0.25) is 5.69 Å². The molecule has 0 aromatic heterocycles. The highest BCUT2D eigenvalue weighted by Gasteiger charge is 2.20. The second-order valence-corrected chi connectivity index (χ2v) is 4.88. The Bertz CT molecular complexity index is 750. The Morgan fingerprint density at radius 1 is 1.05 bits per heavy atom. The number of hydrogen-bond acceptors (Lipinski definition) is 2. The van der Waals surface area contributed by atoms with E-state index in [1.807, 2.05) is 60.7 Å². The molecular weight excluding hydrogens is 260 g/mol. The van der Waals surface area contributed by atoms with Gasteiger partial charge in [-0.2, -0.15) is 9.84 Å². The molecule has 1 aliphatic rings. The third kappa shape index (κ3) is 2.70. The first-order valence-corrected chi connectivity index (χ1v) is 6.79. The summed E-state index contributed by atoms with van der Waals surface area (Å²) in [5, 5.41) is 8.85. The molecule has 0 bridgehead atoms. The molecule has 0 aliphatic carbocycles. The normalized spacial score (nSPS) is 14.2. The van der Waals surface area contributed by atoms with Crippen LogP contribution in [0.3, 0.4) is 0 Å². The molecule has 0 amide bonds. The van der Waals surface area contributed by atoms with E-state index in [9.17, 15) is 0 Å². The molecule has 2 aromatic carbocycles. The van der Waals surface area contributed by atoms with E-state index >= 15 is 0 Å². The van der Waals surface area contributed by atoms with Crippen molar-refractivity contribution < 1.29 is 9.31 Å². The summed E-state index contributed by atoms with van der Waals surface area (Å²) in [6.07, 6.45) is 2.04. The van der Waals surface area contributed by atoms with Gasteiger partial charge in [0.1, 0.15) is 5.76 Å². The van der Waals surface area contributed by atoms with Gasteiger partial charge in [0.05, 0.1) is 11.6 Å². The monoisotopic (exact) mass is 275 g/mol. The smallest absolute Gasteiger partial charge is 0.292 e. The summed E-state index contributed by atoms with van der Waals surface area (Å²) >= 11 is 0. The molecule has 3 nitrogen and oxygen atoms in total. The second-order valence-electron chi connectivity index (χ2n) is 4.88. The number of allylic oxidation sites excluding steroid dienone is 1. The molecule has 0 fully saturated rings. The van der Waals surface area contributed by atoms with Crippen LogP contribution in [0.2, 0.25) is 0 Å².